The zero-order valence-corrected chi connectivity index (χ0v) is 11.9. The molecule has 108 valence electrons. The summed E-state index contributed by atoms with van der Waals surface area (Å²) in [6.07, 6.45) is 4.15. The van der Waals surface area contributed by atoms with Crippen molar-refractivity contribution in [3.8, 4) is 0 Å². The fraction of sp³-hybridized carbons (Fsp3) is 0.857. The molecule has 2 amide bonds. The average Bonchev–Trinajstić information content (AvgIpc) is 2.86. The van der Waals surface area contributed by atoms with Gasteiger partial charge in [0.25, 0.3) is 0 Å². The van der Waals surface area contributed by atoms with Gasteiger partial charge in [-0.15, -0.1) is 0 Å². The Morgan fingerprint density at radius 2 is 2.21 bits per heavy atom. The standard InChI is InChI=1S/C14H25N3O2/c1-9(2)17-8-11(7-14(17)19)16-13(18)6-10-4-3-5-12(10)15/h9-12H,3-8,15H2,1-2H3,(H,16,18)/t10-,11?,12+/m0/s1. The molecule has 0 aromatic heterocycles. The smallest absolute Gasteiger partial charge is 0.225 e. The molecule has 5 heteroatoms. The third kappa shape index (κ3) is 3.47. The third-order valence-corrected chi connectivity index (χ3v) is 4.31. The number of nitrogens with zero attached hydrogens (tertiary/aromatic N) is 1. The molecule has 1 aliphatic carbocycles. The summed E-state index contributed by atoms with van der Waals surface area (Å²) in [5.74, 6) is 0.502. The van der Waals surface area contributed by atoms with Crippen molar-refractivity contribution in [3.05, 3.63) is 0 Å². The second-order valence-corrected chi connectivity index (χ2v) is 6.17. The van der Waals surface area contributed by atoms with Gasteiger partial charge in [-0.1, -0.05) is 6.42 Å². The van der Waals surface area contributed by atoms with Crippen molar-refractivity contribution in [2.75, 3.05) is 6.54 Å². The highest BCUT2D eigenvalue weighted by Crippen LogP contribution is 2.26. The van der Waals surface area contributed by atoms with Crippen LogP contribution in [0.5, 0.6) is 0 Å². The second-order valence-electron chi connectivity index (χ2n) is 6.17. The van der Waals surface area contributed by atoms with E-state index in [9.17, 15) is 9.59 Å². The molecule has 1 saturated carbocycles. The van der Waals surface area contributed by atoms with Crippen LogP contribution in [0.1, 0.15) is 46.0 Å². The summed E-state index contributed by atoms with van der Waals surface area (Å²) < 4.78 is 0. The first-order chi connectivity index (χ1) is 8.97. The van der Waals surface area contributed by atoms with Gasteiger partial charge in [-0.3, -0.25) is 9.59 Å². The van der Waals surface area contributed by atoms with E-state index in [1.165, 1.54) is 0 Å². The summed E-state index contributed by atoms with van der Waals surface area (Å²) >= 11 is 0. The molecule has 0 radical (unpaired) electrons. The molecule has 2 fully saturated rings. The summed E-state index contributed by atoms with van der Waals surface area (Å²) in [5, 5.41) is 2.98. The maximum Gasteiger partial charge on any atom is 0.225 e. The van der Waals surface area contributed by atoms with Crippen molar-refractivity contribution < 1.29 is 9.59 Å². The van der Waals surface area contributed by atoms with E-state index in [1.54, 1.807) is 0 Å². The molecule has 19 heavy (non-hydrogen) atoms. The monoisotopic (exact) mass is 267 g/mol. The molecule has 1 saturated heterocycles. The van der Waals surface area contributed by atoms with Gasteiger partial charge in [0.15, 0.2) is 0 Å². The number of nitrogens with one attached hydrogen (secondary N) is 1. The van der Waals surface area contributed by atoms with E-state index in [-0.39, 0.29) is 29.9 Å². The van der Waals surface area contributed by atoms with Gasteiger partial charge in [0.2, 0.25) is 11.8 Å². The number of carbonyl (C=O) groups is 2. The van der Waals surface area contributed by atoms with Crippen molar-refractivity contribution in [1.82, 2.24) is 10.2 Å². The molecule has 1 heterocycles. The molecule has 2 rings (SSSR count). The molecular weight excluding hydrogens is 242 g/mol. The summed E-state index contributed by atoms with van der Waals surface area (Å²) in [6.45, 7) is 4.64. The third-order valence-electron chi connectivity index (χ3n) is 4.31. The van der Waals surface area contributed by atoms with Gasteiger partial charge in [0, 0.05) is 31.5 Å². The minimum absolute atomic E-state index is 0.0278. The van der Waals surface area contributed by atoms with Gasteiger partial charge in [-0.25, -0.2) is 0 Å². The fourth-order valence-electron chi connectivity index (χ4n) is 3.17. The van der Waals surface area contributed by atoms with Crippen LogP contribution in [0.3, 0.4) is 0 Å². The number of nitrogens with two attached hydrogens (primary N) is 1. The van der Waals surface area contributed by atoms with Crippen molar-refractivity contribution in [2.24, 2.45) is 11.7 Å². The molecule has 2 aliphatic rings. The molecular formula is C14H25N3O2. The van der Waals surface area contributed by atoms with Crippen LogP contribution >= 0.6 is 0 Å². The van der Waals surface area contributed by atoms with Crippen LogP contribution in [0.2, 0.25) is 0 Å². The highest BCUT2D eigenvalue weighted by Gasteiger charge is 2.33. The van der Waals surface area contributed by atoms with Gasteiger partial charge in [-0.05, 0) is 32.6 Å². The van der Waals surface area contributed by atoms with Crippen molar-refractivity contribution in [1.29, 1.82) is 0 Å². The average molecular weight is 267 g/mol. The molecule has 1 unspecified atom stereocenters. The second kappa shape index (κ2) is 5.90. The Bertz CT molecular complexity index is 357. The van der Waals surface area contributed by atoms with E-state index in [1.807, 2.05) is 18.7 Å². The van der Waals surface area contributed by atoms with E-state index < -0.39 is 0 Å². The lowest BCUT2D eigenvalue weighted by Gasteiger charge is -2.21. The molecule has 0 aromatic rings. The fourth-order valence-corrected chi connectivity index (χ4v) is 3.17. The Morgan fingerprint density at radius 3 is 2.74 bits per heavy atom. The Morgan fingerprint density at radius 1 is 1.47 bits per heavy atom. The first-order valence-electron chi connectivity index (χ1n) is 7.31. The predicted octanol–water partition coefficient (Wildman–Crippen LogP) is 0.629. The van der Waals surface area contributed by atoms with Gasteiger partial charge >= 0.3 is 0 Å². The minimum Gasteiger partial charge on any atom is -0.351 e. The molecule has 0 bridgehead atoms. The van der Waals surface area contributed by atoms with Crippen molar-refractivity contribution >= 4 is 11.8 Å². The number of likely N-dealkylation sites (tertiary alicyclic amines) is 1. The first kappa shape index (κ1) is 14.3. The van der Waals surface area contributed by atoms with Crippen LogP contribution in [0, 0.1) is 5.92 Å². The van der Waals surface area contributed by atoms with Crippen LogP contribution in [0.15, 0.2) is 0 Å². The Kier molecular flexibility index (Phi) is 4.45. The minimum atomic E-state index is -0.0278. The van der Waals surface area contributed by atoms with Crippen LogP contribution < -0.4 is 11.1 Å². The van der Waals surface area contributed by atoms with Crippen LogP contribution in [0.4, 0.5) is 0 Å². The number of amides is 2. The summed E-state index contributed by atoms with van der Waals surface area (Å²) in [6, 6.07) is 0.348. The SMILES string of the molecule is CC(C)N1CC(NC(=O)C[C@@H]2CCC[C@H]2N)CC1=O. The van der Waals surface area contributed by atoms with Gasteiger partial charge < -0.3 is 16.0 Å². The van der Waals surface area contributed by atoms with Gasteiger partial charge in [-0.2, -0.15) is 0 Å². The van der Waals surface area contributed by atoms with E-state index in [4.69, 9.17) is 5.73 Å². The lowest BCUT2D eigenvalue weighted by Crippen LogP contribution is -2.40. The molecule has 3 N–H and O–H groups in total. The Balaban J connectivity index is 1.79. The van der Waals surface area contributed by atoms with Gasteiger partial charge in [0.1, 0.15) is 0 Å². The quantitative estimate of drug-likeness (QED) is 0.784. The zero-order chi connectivity index (χ0) is 14.0. The number of rotatable bonds is 4. The Hall–Kier alpha value is -1.10. The lowest BCUT2D eigenvalue weighted by atomic mass is 9.99. The molecule has 5 nitrogen and oxygen atoms in total. The van der Waals surface area contributed by atoms with Crippen molar-refractivity contribution in [2.45, 2.75) is 64.1 Å². The summed E-state index contributed by atoms with van der Waals surface area (Å²) in [4.78, 5) is 25.6. The normalized spacial score (nSPS) is 31.3. The molecule has 3 atom stereocenters. The molecule has 1 aliphatic heterocycles. The summed E-state index contributed by atoms with van der Waals surface area (Å²) in [7, 11) is 0. The van der Waals surface area contributed by atoms with E-state index in [2.05, 4.69) is 5.32 Å². The molecule has 0 spiro atoms. The number of hydrogen-bond acceptors (Lipinski definition) is 3. The topological polar surface area (TPSA) is 75.4 Å². The molecule has 0 aromatic carbocycles. The lowest BCUT2D eigenvalue weighted by molar-refractivity contribution is -0.129. The Labute approximate surface area is 114 Å². The highest BCUT2D eigenvalue weighted by atomic mass is 16.2. The van der Waals surface area contributed by atoms with Crippen LogP contribution in [0.25, 0.3) is 0 Å². The zero-order valence-electron chi connectivity index (χ0n) is 11.9. The van der Waals surface area contributed by atoms with Crippen LogP contribution in [-0.4, -0.2) is 41.4 Å². The van der Waals surface area contributed by atoms with Crippen molar-refractivity contribution in [3.63, 3.8) is 0 Å². The highest BCUT2D eigenvalue weighted by molar-refractivity contribution is 5.82. The number of hydrogen-bond donors (Lipinski definition) is 2. The summed E-state index contributed by atoms with van der Waals surface area (Å²) in [5.41, 5.74) is 5.98. The largest absolute Gasteiger partial charge is 0.351 e. The predicted molar refractivity (Wildman–Crippen MR) is 73.3 cm³/mol. The maximum absolute atomic E-state index is 12.0. The van der Waals surface area contributed by atoms with E-state index in [0.29, 0.717) is 25.3 Å². The number of carbonyl (C=O) groups excluding carboxylic acids is 2. The maximum atomic E-state index is 12.0. The first-order valence-corrected chi connectivity index (χ1v) is 7.31. The van der Waals surface area contributed by atoms with E-state index in [0.717, 1.165) is 19.3 Å². The van der Waals surface area contributed by atoms with Crippen LogP contribution in [-0.2, 0) is 9.59 Å². The van der Waals surface area contributed by atoms with E-state index >= 15 is 0 Å². The van der Waals surface area contributed by atoms with Gasteiger partial charge in [0.05, 0.1) is 6.04 Å².